The number of benzene rings is 1. The Labute approximate surface area is 157 Å². The molecule has 0 bridgehead atoms. The van der Waals surface area contributed by atoms with Gasteiger partial charge in [0.15, 0.2) is 11.6 Å². The van der Waals surface area contributed by atoms with Gasteiger partial charge >= 0.3 is 0 Å². The van der Waals surface area contributed by atoms with Crippen LogP contribution < -0.4 is 0 Å². The lowest BCUT2D eigenvalue weighted by molar-refractivity contribution is -0.318. The van der Waals surface area contributed by atoms with Crippen LogP contribution in [0.25, 0.3) is 5.57 Å². The largest absolute Gasteiger partial charge is 0.361 e. The van der Waals surface area contributed by atoms with E-state index in [-0.39, 0.29) is 0 Å². The van der Waals surface area contributed by atoms with Gasteiger partial charge in [-0.25, -0.2) is 0 Å². The summed E-state index contributed by atoms with van der Waals surface area (Å²) in [6.45, 7) is 12.3. The highest BCUT2D eigenvalue weighted by Crippen LogP contribution is 2.66. The molecule has 1 aromatic rings. The Morgan fingerprint density at radius 3 is 1.69 bits per heavy atom. The van der Waals surface area contributed by atoms with Gasteiger partial charge in [-0.15, -0.1) is 0 Å². The van der Waals surface area contributed by atoms with Crippen molar-refractivity contribution in [2.75, 3.05) is 14.2 Å². The van der Waals surface area contributed by atoms with Gasteiger partial charge in [0.1, 0.15) is 0 Å². The van der Waals surface area contributed by atoms with Crippen molar-refractivity contribution in [3.63, 3.8) is 0 Å². The van der Waals surface area contributed by atoms with Crippen LogP contribution in [0.1, 0.15) is 53.5 Å². The predicted molar refractivity (Wildman–Crippen MR) is 104 cm³/mol. The van der Waals surface area contributed by atoms with E-state index >= 15 is 0 Å². The minimum absolute atomic E-state index is 0.323. The molecule has 0 radical (unpaired) electrons. The third-order valence-electron chi connectivity index (χ3n) is 6.18. The van der Waals surface area contributed by atoms with Crippen LogP contribution in [0, 0.1) is 16.2 Å². The molecule has 0 heterocycles. The molecule has 0 saturated carbocycles. The summed E-state index contributed by atoms with van der Waals surface area (Å²) >= 11 is 0. The molecule has 2 N–H and O–H groups in total. The summed E-state index contributed by atoms with van der Waals surface area (Å²) in [5.41, 5.74) is -0.693. The molecule has 0 unspecified atom stereocenters. The smallest absolute Gasteiger partial charge is 0.197 e. The molecule has 4 heteroatoms. The van der Waals surface area contributed by atoms with Gasteiger partial charge in [-0.3, -0.25) is 0 Å². The molecule has 0 aromatic heterocycles. The zero-order chi connectivity index (χ0) is 20.0. The standard InChI is InChI=1S/C22H34O4/c1-18(2,3)21(19(4,5)6)15-20(25-7,26-8)14-17(22(21,23)24)16-12-10-9-11-13-16/h9-14,23-24H,15H2,1-8H3. The Hall–Kier alpha value is -1.20. The van der Waals surface area contributed by atoms with Gasteiger partial charge in [0.05, 0.1) is 0 Å². The van der Waals surface area contributed by atoms with E-state index in [9.17, 15) is 10.2 Å². The van der Waals surface area contributed by atoms with E-state index in [2.05, 4.69) is 0 Å². The van der Waals surface area contributed by atoms with Crippen LogP contribution in [0.15, 0.2) is 36.4 Å². The Morgan fingerprint density at radius 2 is 1.31 bits per heavy atom. The molecule has 1 aromatic carbocycles. The lowest BCUT2D eigenvalue weighted by Gasteiger charge is -2.63. The lowest BCUT2D eigenvalue weighted by Crippen LogP contribution is -2.67. The summed E-state index contributed by atoms with van der Waals surface area (Å²) in [5, 5.41) is 23.3. The molecule has 1 aliphatic rings. The molecule has 0 saturated heterocycles. The molecule has 0 spiro atoms. The van der Waals surface area contributed by atoms with Crippen molar-refractivity contribution in [1.29, 1.82) is 0 Å². The van der Waals surface area contributed by atoms with E-state index in [1.807, 2.05) is 71.9 Å². The van der Waals surface area contributed by atoms with E-state index in [4.69, 9.17) is 9.47 Å². The first-order valence-corrected chi connectivity index (χ1v) is 9.12. The lowest BCUT2D eigenvalue weighted by atomic mass is 9.45. The third-order valence-corrected chi connectivity index (χ3v) is 6.18. The minimum Gasteiger partial charge on any atom is -0.361 e. The van der Waals surface area contributed by atoms with Gasteiger partial charge in [-0.2, -0.15) is 0 Å². The molecule has 0 atom stereocenters. The van der Waals surface area contributed by atoms with Crippen molar-refractivity contribution in [3.8, 4) is 0 Å². The molecule has 26 heavy (non-hydrogen) atoms. The number of methoxy groups -OCH3 is 2. The van der Waals surface area contributed by atoms with E-state index in [0.29, 0.717) is 12.0 Å². The molecule has 1 aliphatic carbocycles. The van der Waals surface area contributed by atoms with Crippen LogP contribution in [-0.2, 0) is 9.47 Å². The Balaban J connectivity index is 2.91. The van der Waals surface area contributed by atoms with Crippen LogP contribution in [0.5, 0.6) is 0 Å². The van der Waals surface area contributed by atoms with Crippen LogP contribution in [-0.4, -0.2) is 36.0 Å². The van der Waals surface area contributed by atoms with Crippen LogP contribution >= 0.6 is 0 Å². The van der Waals surface area contributed by atoms with Crippen LogP contribution in [0.4, 0.5) is 0 Å². The molecular formula is C22H34O4. The van der Waals surface area contributed by atoms with E-state index in [0.717, 1.165) is 5.56 Å². The van der Waals surface area contributed by atoms with Crippen LogP contribution in [0.3, 0.4) is 0 Å². The van der Waals surface area contributed by atoms with Crippen LogP contribution in [0.2, 0.25) is 0 Å². The van der Waals surface area contributed by atoms with Gasteiger partial charge < -0.3 is 19.7 Å². The molecule has 0 fully saturated rings. The quantitative estimate of drug-likeness (QED) is 0.790. The maximum Gasteiger partial charge on any atom is 0.197 e. The normalized spacial score (nSPS) is 22.0. The highest BCUT2D eigenvalue weighted by molar-refractivity contribution is 5.74. The Kier molecular flexibility index (Phi) is 5.23. The number of aliphatic hydroxyl groups is 2. The fourth-order valence-corrected chi connectivity index (χ4v) is 5.04. The first kappa shape index (κ1) is 21.1. The monoisotopic (exact) mass is 362 g/mol. The van der Waals surface area contributed by atoms with Gasteiger partial charge in [0.2, 0.25) is 0 Å². The summed E-state index contributed by atoms with van der Waals surface area (Å²) in [5.74, 6) is -3.11. The molecule has 2 rings (SSSR count). The summed E-state index contributed by atoms with van der Waals surface area (Å²) in [6, 6.07) is 9.44. The van der Waals surface area contributed by atoms with Gasteiger partial charge in [0.25, 0.3) is 0 Å². The fraction of sp³-hybridized carbons (Fsp3) is 0.636. The second-order valence-corrected chi connectivity index (χ2v) is 9.40. The highest BCUT2D eigenvalue weighted by Gasteiger charge is 2.68. The molecule has 4 nitrogen and oxygen atoms in total. The second-order valence-electron chi connectivity index (χ2n) is 9.40. The number of hydrogen-bond donors (Lipinski definition) is 2. The summed E-state index contributed by atoms with van der Waals surface area (Å²) in [4.78, 5) is 0. The SMILES string of the molecule is COC1(OC)C=C(c2ccccc2)C(O)(O)C(C(C)(C)C)(C(C)(C)C)C1. The number of hydrogen-bond acceptors (Lipinski definition) is 4. The fourth-order valence-electron chi connectivity index (χ4n) is 5.04. The van der Waals surface area contributed by atoms with Crippen molar-refractivity contribution >= 4 is 5.57 Å². The van der Waals surface area contributed by atoms with Gasteiger partial charge in [-0.1, -0.05) is 71.9 Å². The van der Waals surface area contributed by atoms with Crippen molar-refractivity contribution in [1.82, 2.24) is 0 Å². The topological polar surface area (TPSA) is 58.9 Å². The second kappa shape index (κ2) is 6.45. The molecule has 0 amide bonds. The first-order valence-electron chi connectivity index (χ1n) is 9.12. The first-order chi connectivity index (χ1) is 11.8. The van der Waals surface area contributed by atoms with E-state index < -0.39 is 27.8 Å². The van der Waals surface area contributed by atoms with Crippen molar-refractivity contribution < 1.29 is 19.7 Å². The maximum absolute atomic E-state index is 11.7. The van der Waals surface area contributed by atoms with Crippen molar-refractivity contribution in [3.05, 3.63) is 42.0 Å². The predicted octanol–water partition coefficient (Wildman–Crippen LogP) is 4.22. The zero-order valence-corrected chi connectivity index (χ0v) is 17.4. The average molecular weight is 363 g/mol. The van der Waals surface area contributed by atoms with Gasteiger partial charge in [-0.05, 0) is 22.5 Å². The number of ether oxygens (including phenoxy) is 2. The van der Waals surface area contributed by atoms with E-state index in [1.54, 1.807) is 20.3 Å². The highest BCUT2D eigenvalue weighted by atomic mass is 16.7. The summed E-state index contributed by atoms with van der Waals surface area (Å²) in [6.07, 6.45) is 2.04. The summed E-state index contributed by atoms with van der Waals surface area (Å²) in [7, 11) is 3.20. The van der Waals surface area contributed by atoms with Crippen molar-refractivity contribution in [2.24, 2.45) is 16.2 Å². The average Bonchev–Trinajstić information content (AvgIpc) is 2.53. The van der Waals surface area contributed by atoms with Crippen molar-refractivity contribution in [2.45, 2.75) is 59.5 Å². The van der Waals surface area contributed by atoms with E-state index in [1.165, 1.54) is 0 Å². The summed E-state index contributed by atoms with van der Waals surface area (Å²) < 4.78 is 11.6. The molecular weight excluding hydrogens is 328 g/mol. The zero-order valence-electron chi connectivity index (χ0n) is 17.4. The molecule has 0 aliphatic heterocycles. The minimum atomic E-state index is -2.06. The Bertz CT molecular complexity index is 642. The Morgan fingerprint density at radius 1 is 0.846 bits per heavy atom. The number of rotatable bonds is 3. The molecule has 146 valence electrons. The third kappa shape index (κ3) is 2.93. The van der Waals surface area contributed by atoms with Gasteiger partial charge in [0, 0.05) is 31.6 Å². The maximum atomic E-state index is 11.7.